The third kappa shape index (κ3) is 3.72. The fourth-order valence-corrected chi connectivity index (χ4v) is 3.10. The molecular formula is C17H24F2N4O2. The van der Waals surface area contributed by atoms with Crippen LogP contribution in [-0.4, -0.2) is 51.5 Å². The lowest BCUT2D eigenvalue weighted by Crippen LogP contribution is -2.59. The van der Waals surface area contributed by atoms with Crippen molar-refractivity contribution in [3.05, 3.63) is 29.6 Å². The molecule has 0 aliphatic carbocycles. The number of hydrogen-bond donors (Lipinski definition) is 1. The Hall–Kier alpha value is -2.25. The highest BCUT2D eigenvalue weighted by Gasteiger charge is 2.46. The number of nitrogens with zero attached hydrogens (tertiary/aromatic N) is 3. The van der Waals surface area contributed by atoms with E-state index in [9.17, 15) is 18.4 Å². The monoisotopic (exact) mass is 354 g/mol. The molecule has 1 N–H and O–H groups in total. The van der Waals surface area contributed by atoms with Crippen molar-refractivity contribution in [3.63, 3.8) is 0 Å². The van der Waals surface area contributed by atoms with Gasteiger partial charge in [-0.3, -0.25) is 14.3 Å². The first-order valence-corrected chi connectivity index (χ1v) is 8.24. The first-order chi connectivity index (χ1) is 11.6. The van der Waals surface area contributed by atoms with E-state index in [1.165, 1.54) is 4.90 Å². The number of rotatable bonds is 4. The summed E-state index contributed by atoms with van der Waals surface area (Å²) < 4.78 is 29.9. The molecule has 1 atom stereocenters. The van der Waals surface area contributed by atoms with E-state index in [0.29, 0.717) is 17.0 Å². The van der Waals surface area contributed by atoms with E-state index in [-0.39, 0.29) is 25.0 Å². The van der Waals surface area contributed by atoms with Crippen molar-refractivity contribution in [1.29, 1.82) is 0 Å². The van der Waals surface area contributed by atoms with Crippen LogP contribution in [-0.2, 0) is 4.79 Å². The van der Waals surface area contributed by atoms with Crippen LogP contribution in [0.15, 0.2) is 12.7 Å². The van der Waals surface area contributed by atoms with Crippen LogP contribution in [0.3, 0.4) is 0 Å². The zero-order valence-electron chi connectivity index (χ0n) is 15.0. The molecule has 1 saturated heterocycles. The molecule has 0 bridgehead atoms. The molecule has 1 aromatic heterocycles. The minimum Gasteiger partial charge on any atom is -0.342 e. The van der Waals surface area contributed by atoms with Crippen molar-refractivity contribution in [2.45, 2.75) is 52.1 Å². The topological polar surface area (TPSA) is 67.2 Å². The van der Waals surface area contributed by atoms with Gasteiger partial charge in [0.15, 0.2) is 0 Å². The highest BCUT2D eigenvalue weighted by atomic mass is 19.3. The van der Waals surface area contributed by atoms with Gasteiger partial charge in [-0.05, 0) is 33.8 Å². The van der Waals surface area contributed by atoms with Crippen molar-refractivity contribution in [2.24, 2.45) is 0 Å². The lowest BCUT2D eigenvalue weighted by molar-refractivity contribution is -0.124. The Morgan fingerprint density at radius 3 is 2.56 bits per heavy atom. The number of halogens is 2. The Morgan fingerprint density at radius 1 is 1.40 bits per heavy atom. The molecule has 1 fully saturated rings. The first-order valence-electron chi connectivity index (χ1n) is 8.24. The molecule has 6 nitrogen and oxygen atoms in total. The zero-order valence-corrected chi connectivity index (χ0v) is 15.0. The summed E-state index contributed by atoms with van der Waals surface area (Å²) in [6, 6.07) is -1.35. The van der Waals surface area contributed by atoms with Crippen LogP contribution < -0.4 is 5.32 Å². The predicted molar refractivity (Wildman–Crippen MR) is 89.7 cm³/mol. The molecule has 2 rings (SSSR count). The van der Waals surface area contributed by atoms with Gasteiger partial charge in [0.05, 0.1) is 11.3 Å². The van der Waals surface area contributed by atoms with Gasteiger partial charge in [0, 0.05) is 31.2 Å². The molecule has 0 saturated carbocycles. The smallest absolute Gasteiger partial charge is 0.271 e. The van der Waals surface area contributed by atoms with Gasteiger partial charge in [-0.25, -0.2) is 8.78 Å². The van der Waals surface area contributed by atoms with E-state index < -0.39 is 24.3 Å². The molecule has 8 heteroatoms. The summed E-state index contributed by atoms with van der Waals surface area (Å²) in [6.45, 7) is 10.4. The van der Waals surface area contributed by atoms with Gasteiger partial charge in [0.1, 0.15) is 6.04 Å². The van der Waals surface area contributed by atoms with Gasteiger partial charge in [-0.15, -0.1) is 0 Å². The van der Waals surface area contributed by atoms with E-state index in [4.69, 9.17) is 0 Å². The zero-order chi connectivity index (χ0) is 18.9. The van der Waals surface area contributed by atoms with Crippen LogP contribution in [0.5, 0.6) is 0 Å². The Kier molecular flexibility index (Phi) is 5.29. The summed E-state index contributed by atoms with van der Waals surface area (Å²) in [5.74, 6) is -4.09. The number of likely N-dealkylation sites (tertiary alicyclic amines) is 1. The maximum absolute atomic E-state index is 14.1. The summed E-state index contributed by atoms with van der Waals surface area (Å²) >= 11 is 0. The quantitative estimate of drug-likeness (QED) is 0.843. The van der Waals surface area contributed by atoms with Crippen molar-refractivity contribution < 1.29 is 18.4 Å². The van der Waals surface area contributed by atoms with Crippen molar-refractivity contribution in [2.75, 3.05) is 13.1 Å². The van der Waals surface area contributed by atoms with Gasteiger partial charge >= 0.3 is 0 Å². The average molecular weight is 354 g/mol. The van der Waals surface area contributed by atoms with E-state index in [0.717, 1.165) is 6.08 Å². The van der Waals surface area contributed by atoms with Gasteiger partial charge in [-0.2, -0.15) is 5.10 Å². The van der Waals surface area contributed by atoms with Gasteiger partial charge in [0.2, 0.25) is 5.91 Å². The van der Waals surface area contributed by atoms with Crippen LogP contribution in [0.2, 0.25) is 0 Å². The van der Waals surface area contributed by atoms with Gasteiger partial charge in [-0.1, -0.05) is 6.58 Å². The molecule has 1 aliphatic heterocycles. The van der Waals surface area contributed by atoms with Crippen LogP contribution in [0.4, 0.5) is 8.78 Å². The molecule has 25 heavy (non-hydrogen) atoms. The number of nitrogens with one attached hydrogen (secondary N) is 1. The molecule has 1 aromatic rings. The second kappa shape index (κ2) is 6.93. The van der Waals surface area contributed by atoms with Gasteiger partial charge < -0.3 is 10.2 Å². The molecule has 1 unspecified atom stereocenters. The molecule has 0 spiro atoms. The van der Waals surface area contributed by atoms with Gasteiger partial charge in [0.25, 0.3) is 11.8 Å². The molecule has 1 aliphatic rings. The molecule has 2 amide bonds. The number of carbonyl (C=O) groups is 2. The summed E-state index contributed by atoms with van der Waals surface area (Å²) in [4.78, 5) is 25.7. The predicted octanol–water partition coefficient (Wildman–Crippen LogP) is 2.23. The standard InChI is InChI=1S/C17H24F2N4O2/c1-6-14(24)20-13-9-22(8-7-17(13,18)19)16(25)15-11(4)21-23(10(2)3)12(15)5/h6,10,13H,1,7-9H2,2-5H3,(H,20,24). The maximum Gasteiger partial charge on any atom is 0.271 e. The number of aryl methyl sites for hydroxylation is 1. The highest BCUT2D eigenvalue weighted by Crippen LogP contribution is 2.30. The molecule has 138 valence electrons. The summed E-state index contributed by atoms with van der Waals surface area (Å²) in [7, 11) is 0. The number of carbonyl (C=O) groups excluding carboxylic acids is 2. The minimum atomic E-state index is -3.07. The largest absolute Gasteiger partial charge is 0.342 e. The normalized spacial score (nSPS) is 19.8. The Balaban J connectivity index is 2.26. The number of piperidine rings is 1. The molecule has 2 heterocycles. The van der Waals surface area contributed by atoms with Crippen LogP contribution in [0, 0.1) is 13.8 Å². The highest BCUT2D eigenvalue weighted by molar-refractivity contribution is 5.96. The maximum atomic E-state index is 14.1. The fraction of sp³-hybridized carbons (Fsp3) is 0.588. The minimum absolute atomic E-state index is 0.0714. The summed E-state index contributed by atoms with van der Waals surface area (Å²) in [6.07, 6.45) is 0.440. The van der Waals surface area contributed by atoms with Crippen molar-refractivity contribution in [3.8, 4) is 0 Å². The average Bonchev–Trinajstić information content (AvgIpc) is 2.83. The molecule has 0 radical (unpaired) electrons. The van der Waals surface area contributed by atoms with Crippen molar-refractivity contribution >= 4 is 11.8 Å². The Bertz CT molecular complexity index is 697. The van der Waals surface area contributed by atoms with E-state index >= 15 is 0 Å². The van der Waals surface area contributed by atoms with Crippen molar-refractivity contribution in [1.82, 2.24) is 20.0 Å². The molecular weight excluding hydrogens is 330 g/mol. The number of alkyl halides is 2. The van der Waals surface area contributed by atoms with E-state index in [2.05, 4.69) is 17.0 Å². The van der Waals surface area contributed by atoms with E-state index in [1.807, 2.05) is 13.8 Å². The number of amides is 2. The second-order valence-corrected chi connectivity index (χ2v) is 6.61. The Morgan fingerprint density at radius 2 is 2.04 bits per heavy atom. The third-order valence-corrected chi connectivity index (χ3v) is 4.44. The first kappa shape index (κ1) is 19.1. The summed E-state index contributed by atoms with van der Waals surface area (Å²) in [5.41, 5.74) is 1.72. The lowest BCUT2D eigenvalue weighted by atomic mass is 9.99. The fourth-order valence-electron chi connectivity index (χ4n) is 3.10. The van der Waals surface area contributed by atoms with Crippen LogP contribution in [0.1, 0.15) is 48.1 Å². The third-order valence-electron chi connectivity index (χ3n) is 4.44. The van der Waals surface area contributed by atoms with Crippen LogP contribution in [0.25, 0.3) is 0 Å². The summed E-state index contributed by atoms with van der Waals surface area (Å²) in [5, 5.41) is 6.60. The molecule has 0 aromatic carbocycles. The van der Waals surface area contributed by atoms with Crippen LogP contribution >= 0.6 is 0 Å². The number of hydrogen-bond acceptors (Lipinski definition) is 3. The number of aromatic nitrogens is 2. The second-order valence-electron chi connectivity index (χ2n) is 6.61. The van der Waals surface area contributed by atoms with E-state index in [1.54, 1.807) is 18.5 Å². The SMILES string of the molecule is C=CC(=O)NC1CN(C(=O)c2c(C)nn(C(C)C)c2C)CCC1(F)F. The Labute approximate surface area is 145 Å². The lowest BCUT2D eigenvalue weighted by Gasteiger charge is -2.38.